The molecular formula is C15H20N4O2. The van der Waals surface area contributed by atoms with Gasteiger partial charge in [0.05, 0.1) is 12.8 Å². The van der Waals surface area contributed by atoms with Gasteiger partial charge >= 0.3 is 0 Å². The van der Waals surface area contributed by atoms with E-state index in [0.717, 1.165) is 42.3 Å². The number of methoxy groups -OCH3 is 1. The van der Waals surface area contributed by atoms with E-state index in [1.807, 2.05) is 18.2 Å². The van der Waals surface area contributed by atoms with Crippen molar-refractivity contribution in [3.63, 3.8) is 0 Å². The molecule has 0 bridgehead atoms. The number of likely N-dealkylation sites (tertiary alicyclic amines) is 1. The molecule has 1 saturated heterocycles. The van der Waals surface area contributed by atoms with E-state index >= 15 is 0 Å². The second-order valence-electron chi connectivity index (χ2n) is 5.36. The number of hydrogen-bond acceptors (Lipinski definition) is 5. The molecule has 0 aliphatic carbocycles. The molecule has 3 rings (SSSR count). The van der Waals surface area contributed by atoms with Gasteiger partial charge in [-0.2, -0.15) is 5.10 Å². The van der Waals surface area contributed by atoms with Gasteiger partial charge in [0.15, 0.2) is 11.5 Å². The molecule has 1 unspecified atom stereocenters. The first-order valence-corrected chi connectivity index (χ1v) is 7.00. The molecule has 0 radical (unpaired) electrons. The summed E-state index contributed by atoms with van der Waals surface area (Å²) in [5.41, 5.74) is 7.46. The van der Waals surface area contributed by atoms with Crippen LogP contribution in [0.25, 0.3) is 11.3 Å². The molecule has 1 aromatic heterocycles. The number of nitrogens with one attached hydrogen (secondary N) is 1. The van der Waals surface area contributed by atoms with Crippen molar-refractivity contribution < 1.29 is 9.47 Å². The maximum absolute atomic E-state index is 6.05. The minimum Gasteiger partial charge on any atom is -0.493 e. The smallest absolute Gasteiger partial charge is 0.161 e. The van der Waals surface area contributed by atoms with E-state index in [-0.39, 0.29) is 6.10 Å². The third-order valence-electron chi connectivity index (χ3n) is 3.71. The Morgan fingerprint density at radius 1 is 1.33 bits per heavy atom. The van der Waals surface area contributed by atoms with Crippen LogP contribution in [0.1, 0.15) is 6.42 Å². The minimum absolute atomic E-state index is 0.220. The number of H-pyrrole nitrogens is 1. The van der Waals surface area contributed by atoms with Crippen molar-refractivity contribution in [2.45, 2.75) is 12.5 Å². The predicted molar refractivity (Wildman–Crippen MR) is 81.5 cm³/mol. The van der Waals surface area contributed by atoms with Crippen LogP contribution in [0.5, 0.6) is 11.5 Å². The monoisotopic (exact) mass is 288 g/mol. The summed E-state index contributed by atoms with van der Waals surface area (Å²) in [7, 11) is 3.75. The Bertz CT molecular complexity index is 626. The highest BCUT2D eigenvalue weighted by Crippen LogP contribution is 2.33. The van der Waals surface area contributed by atoms with Gasteiger partial charge < -0.3 is 20.1 Å². The van der Waals surface area contributed by atoms with Crippen LogP contribution in [0, 0.1) is 0 Å². The molecule has 112 valence electrons. The Kier molecular flexibility index (Phi) is 3.70. The molecule has 21 heavy (non-hydrogen) atoms. The van der Waals surface area contributed by atoms with Crippen LogP contribution in [0.4, 0.5) is 5.82 Å². The summed E-state index contributed by atoms with van der Waals surface area (Å²) in [6.07, 6.45) is 1.26. The Morgan fingerprint density at radius 3 is 2.81 bits per heavy atom. The first-order valence-electron chi connectivity index (χ1n) is 7.00. The van der Waals surface area contributed by atoms with Crippen LogP contribution in [-0.2, 0) is 0 Å². The third-order valence-corrected chi connectivity index (χ3v) is 3.71. The average molecular weight is 288 g/mol. The number of hydrogen-bond donors (Lipinski definition) is 2. The van der Waals surface area contributed by atoms with Crippen molar-refractivity contribution in [3.8, 4) is 22.8 Å². The van der Waals surface area contributed by atoms with E-state index in [2.05, 4.69) is 22.1 Å². The molecule has 1 aliphatic heterocycles. The third kappa shape index (κ3) is 2.95. The lowest BCUT2D eigenvalue weighted by molar-refractivity contribution is 0.199. The summed E-state index contributed by atoms with van der Waals surface area (Å²) in [6, 6.07) is 7.63. The standard InChI is InChI=1S/C15H20N4O2/c1-19-6-5-11(9-19)21-13-4-3-10(7-14(13)20-2)12-8-15(16)18-17-12/h3-4,7-8,11H,5-6,9H2,1-2H3,(H3,16,17,18). The lowest BCUT2D eigenvalue weighted by Crippen LogP contribution is -2.21. The molecule has 6 nitrogen and oxygen atoms in total. The molecule has 1 aliphatic rings. The van der Waals surface area contributed by atoms with Crippen LogP contribution in [0.3, 0.4) is 0 Å². The molecular weight excluding hydrogens is 268 g/mol. The lowest BCUT2D eigenvalue weighted by atomic mass is 10.1. The molecule has 0 spiro atoms. The second kappa shape index (κ2) is 5.65. The topological polar surface area (TPSA) is 76.4 Å². The van der Waals surface area contributed by atoms with Crippen molar-refractivity contribution in [1.82, 2.24) is 15.1 Å². The van der Waals surface area contributed by atoms with Crippen molar-refractivity contribution in [1.29, 1.82) is 0 Å². The number of likely N-dealkylation sites (N-methyl/N-ethyl adjacent to an activating group) is 1. The number of anilines is 1. The molecule has 1 aromatic carbocycles. The quantitative estimate of drug-likeness (QED) is 0.896. The highest BCUT2D eigenvalue weighted by atomic mass is 16.5. The number of rotatable bonds is 4. The largest absolute Gasteiger partial charge is 0.493 e. The Balaban J connectivity index is 1.82. The van der Waals surface area contributed by atoms with Gasteiger partial charge in [0.2, 0.25) is 0 Å². The van der Waals surface area contributed by atoms with Gasteiger partial charge in [-0.05, 0) is 31.7 Å². The minimum atomic E-state index is 0.220. The molecule has 3 N–H and O–H groups in total. The van der Waals surface area contributed by atoms with Gasteiger partial charge in [-0.25, -0.2) is 0 Å². The SMILES string of the molecule is COc1cc(-c2cc(N)n[nH]2)ccc1OC1CCN(C)C1. The van der Waals surface area contributed by atoms with Crippen LogP contribution >= 0.6 is 0 Å². The maximum atomic E-state index is 6.05. The zero-order chi connectivity index (χ0) is 14.8. The van der Waals surface area contributed by atoms with Crippen LogP contribution in [0.15, 0.2) is 24.3 Å². The van der Waals surface area contributed by atoms with Crippen molar-refractivity contribution in [3.05, 3.63) is 24.3 Å². The fraction of sp³-hybridized carbons (Fsp3) is 0.400. The number of nitrogens with zero attached hydrogens (tertiary/aromatic N) is 2. The van der Waals surface area contributed by atoms with E-state index in [1.54, 1.807) is 13.2 Å². The first-order chi connectivity index (χ1) is 10.2. The van der Waals surface area contributed by atoms with Gasteiger partial charge in [0, 0.05) is 24.7 Å². The number of aromatic amines is 1. The number of benzene rings is 1. The number of aromatic nitrogens is 2. The van der Waals surface area contributed by atoms with E-state index in [0.29, 0.717) is 5.82 Å². The van der Waals surface area contributed by atoms with Gasteiger partial charge in [-0.3, -0.25) is 5.10 Å². The van der Waals surface area contributed by atoms with Crippen molar-refractivity contribution in [2.24, 2.45) is 0 Å². The normalized spacial score (nSPS) is 18.9. The first kappa shape index (κ1) is 13.8. The van der Waals surface area contributed by atoms with E-state index < -0.39 is 0 Å². The zero-order valence-electron chi connectivity index (χ0n) is 12.3. The van der Waals surface area contributed by atoms with E-state index in [4.69, 9.17) is 15.2 Å². The Hall–Kier alpha value is -2.21. The summed E-state index contributed by atoms with van der Waals surface area (Å²) in [4.78, 5) is 2.26. The number of nitrogen functional groups attached to an aromatic ring is 1. The summed E-state index contributed by atoms with van der Waals surface area (Å²) >= 11 is 0. The van der Waals surface area contributed by atoms with Gasteiger partial charge in [-0.15, -0.1) is 0 Å². The van der Waals surface area contributed by atoms with Crippen LogP contribution in [-0.4, -0.2) is 48.4 Å². The van der Waals surface area contributed by atoms with E-state index in [1.165, 1.54) is 0 Å². The van der Waals surface area contributed by atoms with Gasteiger partial charge in [-0.1, -0.05) is 0 Å². The summed E-state index contributed by atoms with van der Waals surface area (Å²) in [5, 5.41) is 6.83. The molecule has 2 heterocycles. The fourth-order valence-corrected chi connectivity index (χ4v) is 2.59. The molecule has 1 fully saturated rings. The summed E-state index contributed by atoms with van der Waals surface area (Å²) in [6.45, 7) is 2.01. The Labute approximate surface area is 123 Å². The highest BCUT2D eigenvalue weighted by Gasteiger charge is 2.22. The second-order valence-corrected chi connectivity index (χ2v) is 5.36. The fourth-order valence-electron chi connectivity index (χ4n) is 2.59. The molecule has 0 amide bonds. The maximum Gasteiger partial charge on any atom is 0.161 e. The lowest BCUT2D eigenvalue weighted by Gasteiger charge is -2.16. The van der Waals surface area contributed by atoms with Gasteiger partial charge in [0.25, 0.3) is 0 Å². The van der Waals surface area contributed by atoms with Crippen molar-refractivity contribution in [2.75, 3.05) is 33.0 Å². The predicted octanol–water partition coefficient (Wildman–Crippen LogP) is 1.75. The van der Waals surface area contributed by atoms with E-state index in [9.17, 15) is 0 Å². The number of ether oxygens (including phenoxy) is 2. The Morgan fingerprint density at radius 2 is 2.19 bits per heavy atom. The van der Waals surface area contributed by atoms with Crippen molar-refractivity contribution >= 4 is 5.82 Å². The van der Waals surface area contributed by atoms with Crippen LogP contribution in [0.2, 0.25) is 0 Å². The highest BCUT2D eigenvalue weighted by molar-refractivity contribution is 5.65. The average Bonchev–Trinajstić information content (AvgIpc) is 3.08. The van der Waals surface area contributed by atoms with Crippen LogP contribution < -0.4 is 15.2 Å². The molecule has 0 saturated carbocycles. The summed E-state index contributed by atoms with van der Waals surface area (Å²) in [5.74, 6) is 1.96. The molecule has 2 aromatic rings. The zero-order valence-corrected chi connectivity index (χ0v) is 12.3. The molecule has 1 atom stereocenters. The summed E-state index contributed by atoms with van der Waals surface area (Å²) < 4.78 is 11.5. The van der Waals surface area contributed by atoms with Gasteiger partial charge in [0.1, 0.15) is 11.9 Å². The molecule has 6 heteroatoms. The number of nitrogens with two attached hydrogens (primary N) is 1.